The lowest BCUT2D eigenvalue weighted by Crippen LogP contribution is -2.35. The Bertz CT molecular complexity index is 203. The fourth-order valence-corrected chi connectivity index (χ4v) is 2.07. The first-order valence-electron chi connectivity index (χ1n) is 6.27. The van der Waals surface area contributed by atoms with Crippen LogP contribution in [0, 0.1) is 0 Å². The van der Waals surface area contributed by atoms with Crippen molar-refractivity contribution in [3.05, 3.63) is 0 Å². The fraction of sp³-hybridized carbons (Fsp3) is 0.917. The first-order chi connectivity index (χ1) is 7.76. The lowest BCUT2D eigenvalue weighted by Gasteiger charge is -2.23. The summed E-state index contributed by atoms with van der Waals surface area (Å²) in [5.74, 6) is -0.111. The zero-order valence-corrected chi connectivity index (χ0v) is 10.6. The van der Waals surface area contributed by atoms with Crippen molar-refractivity contribution in [2.75, 3.05) is 46.4 Å². The Morgan fingerprint density at radius 1 is 1.31 bits per heavy atom. The highest BCUT2D eigenvalue weighted by atomic mass is 16.5. The quantitative estimate of drug-likeness (QED) is 0.608. The van der Waals surface area contributed by atoms with Crippen molar-refractivity contribution < 1.29 is 9.53 Å². The van der Waals surface area contributed by atoms with Crippen LogP contribution in [0.2, 0.25) is 0 Å². The third-order valence-electron chi connectivity index (χ3n) is 3.24. The number of esters is 1. The molecule has 16 heavy (non-hydrogen) atoms. The molecule has 1 saturated heterocycles. The largest absolute Gasteiger partial charge is 0.469 e. The molecular formula is C12H24N2O2. The van der Waals surface area contributed by atoms with Crippen LogP contribution in [-0.2, 0) is 9.53 Å². The average molecular weight is 228 g/mol. The maximum absolute atomic E-state index is 11.0. The molecule has 1 aliphatic heterocycles. The van der Waals surface area contributed by atoms with E-state index in [1.165, 1.54) is 33.0 Å². The molecule has 0 aromatic rings. The summed E-state index contributed by atoms with van der Waals surface area (Å²) in [6.07, 6.45) is 3.19. The number of methoxy groups -OCH3 is 1. The summed E-state index contributed by atoms with van der Waals surface area (Å²) in [7, 11) is 1.45. The van der Waals surface area contributed by atoms with Crippen LogP contribution in [0.1, 0.15) is 26.2 Å². The Balaban J connectivity index is 2.12. The van der Waals surface area contributed by atoms with Gasteiger partial charge in [0.2, 0.25) is 0 Å². The van der Waals surface area contributed by atoms with E-state index in [0.717, 1.165) is 26.2 Å². The molecule has 1 fully saturated rings. The van der Waals surface area contributed by atoms with Crippen LogP contribution < -0.4 is 0 Å². The standard InChI is InChI=1S/C12H24N2O2/c1-3-13(9-6-12(15)16-2)10-11-14-7-4-5-8-14/h3-11H2,1-2H3. The van der Waals surface area contributed by atoms with E-state index in [1.54, 1.807) is 0 Å². The summed E-state index contributed by atoms with van der Waals surface area (Å²) >= 11 is 0. The zero-order valence-electron chi connectivity index (χ0n) is 10.6. The summed E-state index contributed by atoms with van der Waals surface area (Å²) in [5.41, 5.74) is 0. The van der Waals surface area contributed by atoms with Crippen LogP contribution >= 0.6 is 0 Å². The topological polar surface area (TPSA) is 32.8 Å². The number of carbonyl (C=O) groups excluding carboxylic acids is 1. The summed E-state index contributed by atoms with van der Waals surface area (Å²) in [4.78, 5) is 15.8. The van der Waals surface area contributed by atoms with E-state index < -0.39 is 0 Å². The summed E-state index contributed by atoms with van der Waals surface area (Å²) in [5, 5.41) is 0. The number of hydrogen-bond acceptors (Lipinski definition) is 4. The van der Waals surface area contributed by atoms with Gasteiger partial charge in [0.25, 0.3) is 0 Å². The Kier molecular flexibility index (Phi) is 6.42. The maximum Gasteiger partial charge on any atom is 0.306 e. The van der Waals surface area contributed by atoms with Gasteiger partial charge in [0.15, 0.2) is 0 Å². The summed E-state index contributed by atoms with van der Waals surface area (Å²) < 4.78 is 4.65. The minimum absolute atomic E-state index is 0.111. The Morgan fingerprint density at radius 2 is 2.00 bits per heavy atom. The molecule has 1 rings (SSSR count). The zero-order chi connectivity index (χ0) is 11.8. The number of likely N-dealkylation sites (N-methyl/N-ethyl adjacent to an activating group) is 1. The van der Waals surface area contributed by atoms with Gasteiger partial charge in [-0.05, 0) is 32.5 Å². The van der Waals surface area contributed by atoms with Crippen molar-refractivity contribution in [1.82, 2.24) is 9.80 Å². The highest BCUT2D eigenvalue weighted by molar-refractivity contribution is 5.69. The van der Waals surface area contributed by atoms with Gasteiger partial charge in [0, 0.05) is 19.6 Å². The molecule has 94 valence electrons. The molecule has 0 amide bonds. The summed E-state index contributed by atoms with van der Waals surface area (Å²) in [6, 6.07) is 0. The van der Waals surface area contributed by atoms with Crippen molar-refractivity contribution in [2.45, 2.75) is 26.2 Å². The van der Waals surface area contributed by atoms with Crippen LogP contribution in [0.5, 0.6) is 0 Å². The van der Waals surface area contributed by atoms with Crippen molar-refractivity contribution in [3.8, 4) is 0 Å². The smallest absolute Gasteiger partial charge is 0.306 e. The van der Waals surface area contributed by atoms with Gasteiger partial charge in [-0.3, -0.25) is 4.79 Å². The van der Waals surface area contributed by atoms with Crippen molar-refractivity contribution in [3.63, 3.8) is 0 Å². The number of ether oxygens (including phenoxy) is 1. The third-order valence-corrected chi connectivity index (χ3v) is 3.24. The first kappa shape index (κ1) is 13.5. The molecule has 0 aromatic heterocycles. The van der Waals surface area contributed by atoms with Crippen LogP contribution in [0.25, 0.3) is 0 Å². The molecule has 0 atom stereocenters. The van der Waals surface area contributed by atoms with Gasteiger partial charge in [0.1, 0.15) is 0 Å². The van der Waals surface area contributed by atoms with Crippen molar-refractivity contribution >= 4 is 5.97 Å². The fourth-order valence-electron chi connectivity index (χ4n) is 2.07. The lowest BCUT2D eigenvalue weighted by atomic mass is 10.3. The number of carbonyl (C=O) groups is 1. The Morgan fingerprint density at radius 3 is 2.56 bits per heavy atom. The van der Waals surface area contributed by atoms with Crippen molar-refractivity contribution in [1.29, 1.82) is 0 Å². The van der Waals surface area contributed by atoms with Gasteiger partial charge in [-0.15, -0.1) is 0 Å². The molecule has 0 aromatic carbocycles. The van der Waals surface area contributed by atoms with Gasteiger partial charge < -0.3 is 14.5 Å². The minimum Gasteiger partial charge on any atom is -0.469 e. The second-order valence-electron chi connectivity index (χ2n) is 4.31. The molecule has 0 aliphatic carbocycles. The van der Waals surface area contributed by atoms with E-state index in [4.69, 9.17) is 0 Å². The second kappa shape index (κ2) is 7.63. The molecule has 1 aliphatic rings. The van der Waals surface area contributed by atoms with Crippen LogP contribution in [0.15, 0.2) is 0 Å². The molecule has 4 nitrogen and oxygen atoms in total. The van der Waals surface area contributed by atoms with E-state index in [-0.39, 0.29) is 5.97 Å². The van der Waals surface area contributed by atoms with Crippen molar-refractivity contribution in [2.24, 2.45) is 0 Å². The molecule has 0 N–H and O–H groups in total. The molecule has 0 radical (unpaired) electrons. The highest BCUT2D eigenvalue weighted by Crippen LogP contribution is 2.06. The number of likely N-dealkylation sites (tertiary alicyclic amines) is 1. The molecule has 1 heterocycles. The SMILES string of the molecule is CCN(CCC(=O)OC)CCN1CCCC1. The number of rotatable bonds is 7. The van der Waals surface area contributed by atoms with Gasteiger partial charge in [0.05, 0.1) is 13.5 Å². The van der Waals surface area contributed by atoms with Crippen LogP contribution in [-0.4, -0.2) is 62.1 Å². The van der Waals surface area contributed by atoms with E-state index in [9.17, 15) is 4.79 Å². The Hall–Kier alpha value is -0.610. The molecular weight excluding hydrogens is 204 g/mol. The second-order valence-corrected chi connectivity index (χ2v) is 4.31. The normalized spacial score (nSPS) is 16.9. The molecule has 0 saturated carbocycles. The third kappa shape index (κ3) is 4.94. The molecule has 0 unspecified atom stereocenters. The van der Waals surface area contributed by atoms with E-state index in [1.807, 2.05) is 0 Å². The predicted molar refractivity (Wildman–Crippen MR) is 64.4 cm³/mol. The van der Waals surface area contributed by atoms with E-state index >= 15 is 0 Å². The highest BCUT2D eigenvalue weighted by Gasteiger charge is 2.13. The van der Waals surface area contributed by atoms with Crippen LogP contribution in [0.3, 0.4) is 0 Å². The lowest BCUT2D eigenvalue weighted by molar-refractivity contribution is -0.140. The van der Waals surface area contributed by atoms with Crippen LogP contribution in [0.4, 0.5) is 0 Å². The first-order valence-corrected chi connectivity index (χ1v) is 6.27. The van der Waals surface area contributed by atoms with Gasteiger partial charge in [-0.2, -0.15) is 0 Å². The van der Waals surface area contributed by atoms with Gasteiger partial charge in [-0.25, -0.2) is 0 Å². The van der Waals surface area contributed by atoms with Gasteiger partial charge in [-0.1, -0.05) is 6.92 Å². The minimum atomic E-state index is -0.111. The van der Waals surface area contributed by atoms with E-state index in [2.05, 4.69) is 21.5 Å². The predicted octanol–water partition coefficient (Wildman–Crippen LogP) is 0.967. The Labute approximate surface area is 98.5 Å². The van der Waals surface area contributed by atoms with E-state index in [0.29, 0.717) is 6.42 Å². The maximum atomic E-state index is 11.0. The summed E-state index contributed by atoms with van der Waals surface area (Å²) in [6.45, 7) is 8.65. The van der Waals surface area contributed by atoms with Gasteiger partial charge >= 0.3 is 5.97 Å². The number of nitrogens with zero attached hydrogens (tertiary/aromatic N) is 2. The molecule has 4 heteroatoms. The monoisotopic (exact) mass is 228 g/mol. The number of hydrogen-bond donors (Lipinski definition) is 0. The molecule has 0 bridgehead atoms. The molecule has 0 spiro atoms. The average Bonchev–Trinajstić information content (AvgIpc) is 2.81.